The number of aryl methyl sites for hydroxylation is 1. The van der Waals surface area contributed by atoms with E-state index in [2.05, 4.69) is 18.2 Å². The first-order chi connectivity index (χ1) is 13.9. The van der Waals surface area contributed by atoms with Gasteiger partial charge in [-0.25, -0.2) is 4.79 Å². The second kappa shape index (κ2) is 7.70. The van der Waals surface area contributed by atoms with Gasteiger partial charge in [-0.3, -0.25) is 0 Å². The van der Waals surface area contributed by atoms with E-state index >= 15 is 0 Å². The van der Waals surface area contributed by atoms with Gasteiger partial charge >= 0.3 is 6.09 Å². The number of nitriles is 3. The van der Waals surface area contributed by atoms with Gasteiger partial charge in [-0.05, 0) is 25.0 Å². The number of carbonyl (C=O) groups is 1. The number of nitrogens with two attached hydrogens (primary N) is 1. The fourth-order valence-electron chi connectivity index (χ4n) is 4.19. The molecule has 1 heterocycles. The predicted octanol–water partition coefficient (Wildman–Crippen LogP) is 2.88. The molecule has 0 aromatic heterocycles. The zero-order chi connectivity index (χ0) is 21.2. The fraction of sp³-hybridized carbons (Fsp3) is 0.364. The SMILES string of the molecule is CCOC(=O)N1CC=C2C(C#N)=C(N)C(C#N)(C#N)C(c3ccc(C)cc3)C2C1. The molecule has 2 N–H and O–H groups in total. The van der Waals surface area contributed by atoms with Crippen LogP contribution in [-0.4, -0.2) is 30.7 Å². The van der Waals surface area contributed by atoms with Gasteiger partial charge in [0.25, 0.3) is 0 Å². The summed E-state index contributed by atoms with van der Waals surface area (Å²) in [4.78, 5) is 13.8. The highest BCUT2D eigenvalue weighted by molar-refractivity contribution is 5.69. The molecule has 0 fully saturated rings. The molecule has 1 aliphatic heterocycles. The van der Waals surface area contributed by atoms with Gasteiger partial charge in [0.1, 0.15) is 6.07 Å². The highest BCUT2D eigenvalue weighted by Gasteiger charge is 2.54. The van der Waals surface area contributed by atoms with E-state index in [9.17, 15) is 20.6 Å². The highest BCUT2D eigenvalue weighted by Crippen LogP contribution is 2.54. The molecule has 7 nitrogen and oxygen atoms in total. The van der Waals surface area contributed by atoms with E-state index in [1.54, 1.807) is 13.0 Å². The molecule has 0 spiro atoms. The average Bonchev–Trinajstić information content (AvgIpc) is 2.74. The Morgan fingerprint density at radius 3 is 2.48 bits per heavy atom. The van der Waals surface area contributed by atoms with Crippen LogP contribution >= 0.6 is 0 Å². The van der Waals surface area contributed by atoms with Gasteiger partial charge < -0.3 is 15.4 Å². The maximum Gasteiger partial charge on any atom is 0.410 e. The minimum absolute atomic E-state index is 0.0253. The summed E-state index contributed by atoms with van der Waals surface area (Å²) in [5, 5.41) is 29.8. The van der Waals surface area contributed by atoms with Crippen molar-refractivity contribution in [2.45, 2.75) is 19.8 Å². The van der Waals surface area contributed by atoms with E-state index in [0.29, 0.717) is 5.57 Å². The van der Waals surface area contributed by atoms with Crippen LogP contribution in [0.2, 0.25) is 0 Å². The van der Waals surface area contributed by atoms with E-state index in [1.807, 2.05) is 31.2 Å². The molecule has 1 amide bonds. The van der Waals surface area contributed by atoms with E-state index < -0.39 is 23.3 Å². The Morgan fingerprint density at radius 2 is 1.93 bits per heavy atom. The van der Waals surface area contributed by atoms with Gasteiger partial charge in [-0.2, -0.15) is 15.8 Å². The van der Waals surface area contributed by atoms with Gasteiger partial charge in [0, 0.05) is 24.9 Å². The van der Waals surface area contributed by atoms with Crippen LogP contribution in [0.25, 0.3) is 0 Å². The number of ether oxygens (including phenoxy) is 1. The Balaban J connectivity index is 2.23. The molecule has 1 aromatic rings. The molecule has 7 heteroatoms. The van der Waals surface area contributed by atoms with E-state index in [0.717, 1.165) is 11.1 Å². The standard InChI is InChI=1S/C22H21N5O2/c1-3-29-21(28)27-9-8-16-17(10-23)20(26)22(12-24,13-25)19(18(16)11-27)15-6-4-14(2)5-7-15/h4-8,18-19H,3,9,11,26H2,1-2H3. The zero-order valence-corrected chi connectivity index (χ0v) is 16.3. The second-order valence-electron chi connectivity index (χ2n) is 7.19. The van der Waals surface area contributed by atoms with Crippen LogP contribution in [-0.2, 0) is 4.74 Å². The first-order valence-corrected chi connectivity index (χ1v) is 9.35. The van der Waals surface area contributed by atoms with Crippen molar-refractivity contribution in [3.8, 4) is 18.2 Å². The van der Waals surface area contributed by atoms with Gasteiger partial charge in [0.05, 0.1) is 30.0 Å². The third-order valence-electron chi connectivity index (χ3n) is 5.63. The molecule has 0 bridgehead atoms. The number of carbonyl (C=O) groups excluding carboxylic acids is 1. The lowest BCUT2D eigenvalue weighted by atomic mass is 9.58. The summed E-state index contributed by atoms with van der Waals surface area (Å²) in [6.45, 7) is 4.42. The van der Waals surface area contributed by atoms with Crippen molar-refractivity contribution in [2.24, 2.45) is 17.1 Å². The van der Waals surface area contributed by atoms with Crippen LogP contribution in [0.3, 0.4) is 0 Å². The van der Waals surface area contributed by atoms with Crippen LogP contribution in [0.4, 0.5) is 4.79 Å². The summed E-state index contributed by atoms with van der Waals surface area (Å²) >= 11 is 0. The van der Waals surface area contributed by atoms with Crippen molar-refractivity contribution in [1.29, 1.82) is 15.8 Å². The van der Waals surface area contributed by atoms with Crippen LogP contribution < -0.4 is 5.73 Å². The molecule has 29 heavy (non-hydrogen) atoms. The van der Waals surface area contributed by atoms with Gasteiger partial charge in [-0.15, -0.1) is 0 Å². The zero-order valence-electron chi connectivity index (χ0n) is 16.3. The minimum atomic E-state index is -1.71. The number of nitrogens with zero attached hydrogens (tertiary/aromatic N) is 4. The van der Waals surface area contributed by atoms with Gasteiger partial charge in [-0.1, -0.05) is 35.9 Å². The average molecular weight is 387 g/mol. The monoisotopic (exact) mass is 387 g/mol. The predicted molar refractivity (Wildman–Crippen MR) is 105 cm³/mol. The Labute approximate surface area is 169 Å². The molecule has 146 valence electrons. The molecule has 1 aliphatic carbocycles. The number of hydrogen-bond acceptors (Lipinski definition) is 6. The van der Waals surface area contributed by atoms with Crippen molar-refractivity contribution in [1.82, 2.24) is 4.90 Å². The molecular formula is C22H21N5O2. The quantitative estimate of drug-likeness (QED) is 0.831. The molecule has 2 aliphatic rings. The normalized spacial score (nSPS) is 22.4. The summed E-state index contributed by atoms with van der Waals surface area (Å²) in [5.41, 5.74) is 7.17. The Kier molecular flexibility index (Phi) is 5.31. The molecule has 2 unspecified atom stereocenters. The molecule has 0 saturated heterocycles. The maximum atomic E-state index is 12.3. The summed E-state index contributed by atoms with van der Waals surface area (Å²) in [6.07, 6.45) is 1.31. The first kappa shape index (κ1) is 20.0. The smallest absolute Gasteiger partial charge is 0.410 e. The summed E-state index contributed by atoms with van der Waals surface area (Å²) in [5.74, 6) is -1.06. The van der Waals surface area contributed by atoms with Crippen LogP contribution in [0.15, 0.2) is 47.2 Å². The summed E-state index contributed by atoms with van der Waals surface area (Å²) in [7, 11) is 0. The third kappa shape index (κ3) is 3.10. The van der Waals surface area contributed by atoms with Crippen LogP contribution in [0, 0.1) is 52.2 Å². The summed E-state index contributed by atoms with van der Waals surface area (Å²) in [6, 6.07) is 13.8. The van der Waals surface area contributed by atoms with Crippen LogP contribution in [0.1, 0.15) is 24.0 Å². The van der Waals surface area contributed by atoms with Crippen molar-refractivity contribution in [3.05, 3.63) is 58.3 Å². The Morgan fingerprint density at radius 1 is 1.28 bits per heavy atom. The molecular weight excluding hydrogens is 366 g/mol. The van der Waals surface area contributed by atoms with E-state index in [4.69, 9.17) is 10.5 Å². The second-order valence-corrected chi connectivity index (χ2v) is 7.19. The molecule has 2 atom stereocenters. The van der Waals surface area contributed by atoms with E-state index in [1.165, 1.54) is 4.90 Å². The van der Waals surface area contributed by atoms with Crippen molar-refractivity contribution < 1.29 is 9.53 Å². The van der Waals surface area contributed by atoms with Gasteiger partial charge in [0.2, 0.25) is 0 Å². The van der Waals surface area contributed by atoms with E-state index in [-0.39, 0.29) is 31.0 Å². The lowest BCUT2D eigenvalue weighted by molar-refractivity contribution is 0.0999. The lowest BCUT2D eigenvalue weighted by Crippen LogP contribution is -2.49. The Hall–Kier alpha value is -3.76. The van der Waals surface area contributed by atoms with Crippen LogP contribution in [0.5, 0.6) is 0 Å². The Bertz CT molecular complexity index is 1000. The summed E-state index contributed by atoms with van der Waals surface area (Å²) < 4.78 is 5.12. The number of amides is 1. The maximum absolute atomic E-state index is 12.3. The molecule has 3 rings (SSSR count). The molecule has 0 radical (unpaired) electrons. The lowest BCUT2D eigenvalue weighted by Gasteiger charge is -2.45. The van der Waals surface area contributed by atoms with Crippen molar-refractivity contribution >= 4 is 6.09 Å². The number of benzene rings is 1. The number of allylic oxidation sites excluding steroid dienone is 2. The fourth-order valence-corrected chi connectivity index (χ4v) is 4.19. The number of hydrogen-bond donors (Lipinski definition) is 1. The number of fused-ring (bicyclic) bond motifs is 1. The van der Waals surface area contributed by atoms with Gasteiger partial charge in [0.15, 0.2) is 5.41 Å². The topological polar surface area (TPSA) is 127 Å². The first-order valence-electron chi connectivity index (χ1n) is 9.35. The third-order valence-corrected chi connectivity index (χ3v) is 5.63. The molecule has 1 aromatic carbocycles. The number of rotatable bonds is 2. The van der Waals surface area contributed by atoms with Crippen molar-refractivity contribution in [2.75, 3.05) is 19.7 Å². The molecule has 0 saturated carbocycles. The highest BCUT2D eigenvalue weighted by atomic mass is 16.6. The van der Waals surface area contributed by atoms with Crippen molar-refractivity contribution in [3.63, 3.8) is 0 Å². The largest absolute Gasteiger partial charge is 0.450 e. The minimum Gasteiger partial charge on any atom is -0.450 e.